The molecule has 3 rings (SSSR count). The smallest absolute Gasteiger partial charge is 0.260 e. The number of nitrogens with zero attached hydrogens (tertiary/aromatic N) is 2. The molecule has 1 aliphatic heterocycles. The molecule has 2 amide bonds. The number of carbonyl (C=O) groups excluding carboxylic acids is 2. The molecule has 1 atom stereocenters. The number of aryl methyl sites for hydroxylation is 2. The third-order valence-electron chi connectivity index (χ3n) is 4.69. The van der Waals surface area contributed by atoms with Gasteiger partial charge < -0.3 is 10.7 Å². The second-order valence-corrected chi connectivity index (χ2v) is 7.24. The molecule has 0 aromatic heterocycles. The number of nitrogens with one attached hydrogen (secondary N) is 2. The lowest BCUT2D eigenvalue weighted by Gasteiger charge is -2.14. The maximum atomic E-state index is 13.0. The van der Waals surface area contributed by atoms with Gasteiger partial charge in [-0.15, -0.1) is 0 Å². The van der Waals surface area contributed by atoms with E-state index in [2.05, 4.69) is 10.4 Å². The molecule has 148 valence electrons. The molecule has 0 saturated carbocycles. The predicted octanol–water partition coefficient (Wildman–Crippen LogP) is 4.25. The minimum atomic E-state index is -0.686. The lowest BCUT2D eigenvalue weighted by molar-refractivity contribution is -0.118. The van der Waals surface area contributed by atoms with Crippen LogP contribution < -0.4 is 10.3 Å². The van der Waals surface area contributed by atoms with Crippen LogP contribution in [-0.4, -0.2) is 23.2 Å². The lowest BCUT2D eigenvalue weighted by Crippen LogP contribution is -2.28. The van der Waals surface area contributed by atoms with E-state index in [1.54, 1.807) is 13.0 Å². The minimum absolute atomic E-state index is 0.0877. The van der Waals surface area contributed by atoms with Crippen molar-refractivity contribution in [2.24, 2.45) is 11.0 Å². The number of amides is 2. The van der Waals surface area contributed by atoms with Gasteiger partial charge in [0.2, 0.25) is 0 Å². The van der Waals surface area contributed by atoms with Crippen molar-refractivity contribution in [3.05, 3.63) is 71.3 Å². The summed E-state index contributed by atoms with van der Waals surface area (Å²) in [5, 5.41) is 16.6. The van der Waals surface area contributed by atoms with E-state index in [4.69, 9.17) is 5.41 Å². The zero-order chi connectivity index (χ0) is 21.1. The van der Waals surface area contributed by atoms with Gasteiger partial charge in [0.25, 0.3) is 11.8 Å². The average Bonchev–Trinajstić information content (AvgIpc) is 2.93. The molecule has 29 heavy (non-hydrogen) atoms. The van der Waals surface area contributed by atoms with Crippen molar-refractivity contribution in [3.63, 3.8) is 0 Å². The minimum Gasteiger partial charge on any atom is -0.322 e. The number of benzene rings is 2. The van der Waals surface area contributed by atoms with Crippen molar-refractivity contribution in [2.45, 2.75) is 27.7 Å². The summed E-state index contributed by atoms with van der Waals surface area (Å²) in [5.41, 5.74) is 4.20. The number of rotatable bonds is 5. The molecule has 0 radical (unpaired) electrons. The molecule has 2 N–H and O–H groups in total. The summed E-state index contributed by atoms with van der Waals surface area (Å²) in [7, 11) is 0. The van der Waals surface area contributed by atoms with Crippen LogP contribution in [0.5, 0.6) is 0 Å². The van der Waals surface area contributed by atoms with Crippen LogP contribution in [0.2, 0.25) is 0 Å². The molecule has 6 heteroatoms. The maximum absolute atomic E-state index is 13.0. The fourth-order valence-electron chi connectivity index (χ4n) is 3.18. The molecule has 0 spiro atoms. The SMILES string of the molecule is CC(=N)/C(=C/C1C(=O)N(c2cccc(C)c2)N=C1C)C(=O)Nc1cccc(C)c1. The first-order valence-corrected chi connectivity index (χ1v) is 9.37. The molecule has 1 aliphatic rings. The van der Waals surface area contributed by atoms with E-state index < -0.39 is 11.8 Å². The monoisotopic (exact) mass is 388 g/mol. The van der Waals surface area contributed by atoms with Gasteiger partial charge in [-0.25, -0.2) is 0 Å². The maximum Gasteiger partial charge on any atom is 0.260 e. The first kappa shape index (κ1) is 20.2. The van der Waals surface area contributed by atoms with Crippen LogP contribution in [0, 0.1) is 25.2 Å². The molecule has 6 nitrogen and oxygen atoms in total. The first-order valence-electron chi connectivity index (χ1n) is 9.37. The Hall–Kier alpha value is -3.54. The standard InChI is InChI=1S/C23H24N4O2/c1-14-7-5-9-18(11-14)25-22(28)20(16(3)24)13-21-17(4)26-27(23(21)29)19-10-6-8-15(2)12-19/h5-13,21,24H,1-4H3,(H,25,28)/b20-13-,24-16?. The highest BCUT2D eigenvalue weighted by Crippen LogP contribution is 2.26. The van der Waals surface area contributed by atoms with Gasteiger partial charge in [-0.1, -0.05) is 30.3 Å². The van der Waals surface area contributed by atoms with Crippen LogP contribution in [0.25, 0.3) is 0 Å². The summed E-state index contributed by atoms with van der Waals surface area (Å²) in [4.78, 5) is 25.8. The molecular weight excluding hydrogens is 364 g/mol. The summed E-state index contributed by atoms with van der Waals surface area (Å²) in [6.45, 7) is 7.17. The molecular formula is C23H24N4O2. The summed E-state index contributed by atoms with van der Waals surface area (Å²) in [6.07, 6.45) is 1.53. The average molecular weight is 388 g/mol. The van der Waals surface area contributed by atoms with Crippen molar-refractivity contribution in [3.8, 4) is 0 Å². The summed E-state index contributed by atoms with van der Waals surface area (Å²) < 4.78 is 0. The molecule has 2 aromatic rings. The Morgan fingerprint density at radius 2 is 1.76 bits per heavy atom. The van der Waals surface area contributed by atoms with Gasteiger partial charge in [-0.05, 0) is 63.1 Å². The molecule has 0 bridgehead atoms. The van der Waals surface area contributed by atoms with Crippen LogP contribution >= 0.6 is 0 Å². The van der Waals surface area contributed by atoms with E-state index in [-0.39, 0.29) is 17.2 Å². The zero-order valence-electron chi connectivity index (χ0n) is 17.0. The molecule has 2 aromatic carbocycles. The number of hydrogen-bond acceptors (Lipinski definition) is 4. The predicted molar refractivity (Wildman–Crippen MR) is 117 cm³/mol. The van der Waals surface area contributed by atoms with Crippen LogP contribution in [0.15, 0.2) is 65.3 Å². The Kier molecular flexibility index (Phi) is 5.73. The molecule has 1 heterocycles. The molecule has 0 saturated heterocycles. The fraction of sp³-hybridized carbons (Fsp3) is 0.217. The van der Waals surface area contributed by atoms with E-state index in [0.29, 0.717) is 17.1 Å². The summed E-state index contributed by atoms with van der Waals surface area (Å²) in [5.74, 6) is -1.35. The van der Waals surface area contributed by atoms with Crippen molar-refractivity contribution in [2.75, 3.05) is 10.3 Å². The van der Waals surface area contributed by atoms with E-state index in [0.717, 1.165) is 11.1 Å². The highest BCUT2D eigenvalue weighted by Gasteiger charge is 2.34. The fourth-order valence-corrected chi connectivity index (χ4v) is 3.18. The van der Waals surface area contributed by atoms with Crippen LogP contribution in [0.4, 0.5) is 11.4 Å². The van der Waals surface area contributed by atoms with Gasteiger partial charge in [-0.2, -0.15) is 10.1 Å². The number of hydrogen-bond donors (Lipinski definition) is 2. The number of hydrazone groups is 1. The summed E-state index contributed by atoms with van der Waals surface area (Å²) >= 11 is 0. The second-order valence-electron chi connectivity index (χ2n) is 7.24. The Morgan fingerprint density at radius 1 is 1.10 bits per heavy atom. The molecule has 0 aliphatic carbocycles. The quantitative estimate of drug-likeness (QED) is 0.593. The topological polar surface area (TPSA) is 85.6 Å². The van der Waals surface area contributed by atoms with Crippen molar-refractivity contribution in [1.82, 2.24) is 0 Å². The molecule has 0 fully saturated rings. The van der Waals surface area contributed by atoms with Crippen molar-refractivity contribution < 1.29 is 9.59 Å². The Labute approximate surface area is 170 Å². The van der Waals surface area contributed by atoms with Crippen LogP contribution in [-0.2, 0) is 9.59 Å². The normalized spacial score (nSPS) is 16.6. The van der Waals surface area contributed by atoms with Gasteiger partial charge in [-0.3, -0.25) is 9.59 Å². The van der Waals surface area contributed by atoms with Gasteiger partial charge in [0.05, 0.1) is 22.9 Å². The number of anilines is 2. The molecule has 1 unspecified atom stereocenters. The zero-order valence-corrected chi connectivity index (χ0v) is 17.0. The Balaban J connectivity index is 1.87. The van der Waals surface area contributed by atoms with Crippen molar-refractivity contribution >= 4 is 34.6 Å². The third kappa shape index (κ3) is 4.48. The van der Waals surface area contributed by atoms with E-state index in [1.165, 1.54) is 18.0 Å². The second kappa shape index (κ2) is 8.22. The van der Waals surface area contributed by atoms with Gasteiger partial charge in [0.15, 0.2) is 0 Å². The Morgan fingerprint density at radius 3 is 2.38 bits per heavy atom. The van der Waals surface area contributed by atoms with E-state index in [9.17, 15) is 9.59 Å². The summed E-state index contributed by atoms with van der Waals surface area (Å²) in [6, 6.07) is 14.9. The largest absolute Gasteiger partial charge is 0.322 e. The number of carbonyl (C=O) groups is 2. The first-order chi connectivity index (χ1) is 13.8. The lowest BCUT2D eigenvalue weighted by atomic mass is 9.98. The van der Waals surface area contributed by atoms with E-state index in [1.807, 2.05) is 56.3 Å². The van der Waals surface area contributed by atoms with Crippen LogP contribution in [0.3, 0.4) is 0 Å². The van der Waals surface area contributed by atoms with Crippen LogP contribution in [0.1, 0.15) is 25.0 Å². The van der Waals surface area contributed by atoms with E-state index >= 15 is 0 Å². The van der Waals surface area contributed by atoms with Gasteiger partial charge in [0.1, 0.15) is 0 Å². The van der Waals surface area contributed by atoms with Gasteiger partial charge >= 0.3 is 0 Å². The Bertz CT molecular complexity index is 1050. The highest BCUT2D eigenvalue weighted by molar-refractivity contribution is 6.25. The van der Waals surface area contributed by atoms with Gasteiger partial charge in [0, 0.05) is 11.4 Å². The third-order valence-corrected chi connectivity index (χ3v) is 4.69. The highest BCUT2D eigenvalue weighted by atomic mass is 16.2. The van der Waals surface area contributed by atoms with Crippen molar-refractivity contribution in [1.29, 1.82) is 5.41 Å².